The van der Waals surface area contributed by atoms with E-state index in [-0.39, 0.29) is 11.7 Å². The van der Waals surface area contributed by atoms with Crippen LogP contribution < -0.4 is 10.6 Å². The van der Waals surface area contributed by atoms with Gasteiger partial charge >= 0.3 is 0 Å². The normalized spacial score (nSPS) is 10.5. The minimum Gasteiger partial charge on any atom is -0.459 e. The van der Waals surface area contributed by atoms with Crippen molar-refractivity contribution in [1.82, 2.24) is 5.32 Å². The summed E-state index contributed by atoms with van der Waals surface area (Å²) >= 11 is 14.6. The van der Waals surface area contributed by atoms with Crippen LogP contribution in [0.2, 0.25) is 5.02 Å². The lowest BCUT2D eigenvalue weighted by Crippen LogP contribution is -2.34. The summed E-state index contributed by atoms with van der Waals surface area (Å²) in [5.41, 5.74) is 1.81. The summed E-state index contributed by atoms with van der Waals surface area (Å²) in [5, 5.41) is 15.2. The van der Waals surface area contributed by atoms with Gasteiger partial charge in [-0.1, -0.05) is 39.7 Å². The maximum Gasteiger partial charge on any atom is 0.258 e. The summed E-state index contributed by atoms with van der Waals surface area (Å²) in [5.74, 6) is 0.698. The molecule has 0 fully saturated rings. The van der Waals surface area contributed by atoms with Crippen LogP contribution in [0.4, 0.5) is 5.69 Å². The number of anilines is 1. The monoisotopic (exact) mass is 464 g/mol. The van der Waals surface area contributed by atoms with Crippen molar-refractivity contribution in [2.24, 2.45) is 0 Å². The van der Waals surface area contributed by atoms with Crippen molar-refractivity contribution < 1.29 is 14.3 Å². The predicted molar refractivity (Wildman–Crippen MR) is 113 cm³/mol. The van der Waals surface area contributed by atoms with Gasteiger partial charge in [-0.25, -0.2) is 0 Å². The lowest BCUT2D eigenvalue weighted by Gasteiger charge is -2.11. The fourth-order valence-electron chi connectivity index (χ4n) is 2.37. The summed E-state index contributed by atoms with van der Waals surface area (Å²) in [4.78, 5) is 12.4. The Morgan fingerprint density at radius 2 is 2.00 bits per heavy atom. The van der Waals surface area contributed by atoms with Crippen LogP contribution in [-0.4, -0.2) is 16.1 Å². The van der Waals surface area contributed by atoms with E-state index in [9.17, 15) is 4.79 Å². The average Bonchev–Trinajstić information content (AvgIpc) is 3.13. The number of nitrogens with one attached hydrogen (secondary N) is 2. The third-order valence-electron chi connectivity index (χ3n) is 3.62. The van der Waals surface area contributed by atoms with Gasteiger partial charge in [-0.15, -0.1) is 0 Å². The molecule has 27 heavy (non-hydrogen) atoms. The van der Waals surface area contributed by atoms with E-state index in [0.717, 1.165) is 10.0 Å². The maximum absolute atomic E-state index is 12.4. The molecule has 0 atom stereocenters. The van der Waals surface area contributed by atoms with Gasteiger partial charge in [0.1, 0.15) is 18.1 Å². The highest BCUT2D eigenvalue weighted by Crippen LogP contribution is 2.25. The minimum absolute atomic E-state index is 0.142. The Balaban J connectivity index is 1.70. The van der Waals surface area contributed by atoms with Gasteiger partial charge in [-0.05, 0) is 54.7 Å². The molecule has 5 nitrogen and oxygen atoms in total. The largest absolute Gasteiger partial charge is 0.459 e. The van der Waals surface area contributed by atoms with Crippen LogP contribution in [0.25, 0.3) is 11.3 Å². The highest BCUT2D eigenvalue weighted by atomic mass is 79.9. The Labute approximate surface area is 174 Å². The molecule has 0 aliphatic rings. The zero-order valence-electron chi connectivity index (χ0n) is 13.8. The Morgan fingerprint density at radius 1 is 1.19 bits per heavy atom. The molecule has 0 radical (unpaired) electrons. The standard InChI is InChI=1S/C19H14BrClN2O3S/c20-12-4-6-16(21)15(9-12)18(25)23-19(27)22-13-3-1-2-11(8-13)17-7-5-14(10-24)26-17/h1-9,24H,10H2,(H2,22,23,25,27). The van der Waals surface area contributed by atoms with Crippen molar-refractivity contribution in [3.05, 3.63) is 75.4 Å². The Hall–Kier alpha value is -2.19. The number of amides is 1. The first-order valence-electron chi connectivity index (χ1n) is 7.83. The fraction of sp³-hybridized carbons (Fsp3) is 0.0526. The summed E-state index contributed by atoms with van der Waals surface area (Å²) in [6, 6.07) is 15.8. The van der Waals surface area contributed by atoms with E-state index in [0.29, 0.717) is 27.8 Å². The van der Waals surface area contributed by atoms with Crippen molar-refractivity contribution in [2.75, 3.05) is 5.32 Å². The third-order valence-corrected chi connectivity index (χ3v) is 4.65. The molecule has 8 heteroatoms. The van der Waals surface area contributed by atoms with Gasteiger partial charge < -0.3 is 14.8 Å². The molecule has 3 aromatic rings. The van der Waals surface area contributed by atoms with E-state index in [2.05, 4.69) is 26.6 Å². The zero-order valence-corrected chi connectivity index (χ0v) is 17.0. The third kappa shape index (κ3) is 4.95. The van der Waals surface area contributed by atoms with Gasteiger partial charge in [0, 0.05) is 15.7 Å². The quantitative estimate of drug-likeness (QED) is 0.474. The number of furan rings is 1. The van der Waals surface area contributed by atoms with Crippen molar-refractivity contribution in [2.45, 2.75) is 6.61 Å². The lowest BCUT2D eigenvalue weighted by molar-refractivity contribution is 0.0978. The SMILES string of the molecule is O=C(NC(=S)Nc1cccc(-c2ccc(CO)o2)c1)c1cc(Br)ccc1Cl. The van der Waals surface area contributed by atoms with E-state index in [4.69, 9.17) is 33.3 Å². The maximum atomic E-state index is 12.4. The van der Waals surface area contributed by atoms with E-state index < -0.39 is 5.91 Å². The van der Waals surface area contributed by atoms with Gasteiger partial charge in [-0.2, -0.15) is 0 Å². The van der Waals surface area contributed by atoms with Crippen LogP contribution in [0.1, 0.15) is 16.1 Å². The van der Waals surface area contributed by atoms with Gasteiger partial charge in [0.05, 0.1) is 10.6 Å². The predicted octanol–water partition coefficient (Wildman–Crippen LogP) is 4.98. The molecular weight excluding hydrogens is 452 g/mol. The van der Waals surface area contributed by atoms with E-state index >= 15 is 0 Å². The van der Waals surface area contributed by atoms with Crippen LogP contribution in [0.5, 0.6) is 0 Å². The molecule has 1 amide bonds. The molecule has 1 aromatic heterocycles. The summed E-state index contributed by atoms with van der Waals surface area (Å²) in [7, 11) is 0. The highest BCUT2D eigenvalue weighted by molar-refractivity contribution is 9.10. The van der Waals surface area contributed by atoms with Crippen molar-refractivity contribution >= 4 is 56.5 Å². The molecule has 0 unspecified atom stereocenters. The van der Waals surface area contributed by atoms with Gasteiger partial charge in [0.2, 0.25) is 0 Å². The number of aliphatic hydroxyl groups is 1. The smallest absolute Gasteiger partial charge is 0.258 e. The number of halogens is 2. The molecule has 3 rings (SSSR count). The van der Waals surface area contributed by atoms with Gasteiger partial charge in [0.15, 0.2) is 5.11 Å². The van der Waals surface area contributed by atoms with Crippen LogP contribution >= 0.6 is 39.7 Å². The summed E-state index contributed by atoms with van der Waals surface area (Å²) in [6.07, 6.45) is 0. The first-order valence-corrected chi connectivity index (χ1v) is 9.41. The molecule has 0 spiro atoms. The molecule has 0 aliphatic heterocycles. The Morgan fingerprint density at radius 3 is 2.74 bits per heavy atom. The molecule has 0 saturated carbocycles. The summed E-state index contributed by atoms with van der Waals surface area (Å²) in [6.45, 7) is -0.160. The number of aliphatic hydroxyl groups excluding tert-OH is 1. The molecule has 138 valence electrons. The lowest BCUT2D eigenvalue weighted by atomic mass is 10.1. The highest BCUT2D eigenvalue weighted by Gasteiger charge is 2.13. The van der Waals surface area contributed by atoms with E-state index in [1.165, 1.54) is 0 Å². The van der Waals surface area contributed by atoms with Crippen LogP contribution in [-0.2, 0) is 6.61 Å². The molecule has 3 N–H and O–H groups in total. The molecule has 2 aromatic carbocycles. The number of carbonyl (C=O) groups is 1. The van der Waals surface area contributed by atoms with E-state index in [1.54, 1.807) is 30.3 Å². The van der Waals surface area contributed by atoms with Crippen LogP contribution in [0, 0.1) is 0 Å². The number of thiocarbonyl (C=S) groups is 1. The second-order valence-corrected chi connectivity index (χ2v) is 7.27. The van der Waals surface area contributed by atoms with Crippen molar-refractivity contribution in [3.63, 3.8) is 0 Å². The second-order valence-electron chi connectivity index (χ2n) is 5.54. The van der Waals surface area contributed by atoms with Gasteiger partial charge in [0.25, 0.3) is 5.91 Å². The van der Waals surface area contributed by atoms with Crippen LogP contribution in [0.3, 0.4) is 0 Å². The second kappa shape index (κ2) is 8.67. The topological polar surface area (TPSA) is 74.5 Å². The molecule has 0 aliphatic carbocycles. The average molecular weight is 466 g/mol. The minimum atomic E-state index is -0.409. The first-order chi connectivity index (χ1) is 13.0. The molecule has 0 saturated heterocycles. The number of hydrogen-bond acceptors (Lipinski definition) is 4. The van der Waals surface area contributed by atoms with Crippen molar-refractivity contribution in [3.8, 4) is 11.3 Å². The van der Waals surface area contributed by atoms with Crippen molar-refractivity contribution in [1.29, 1.82) is 0 Å². The number of rotatable bonds is 4. The Bertz CT molecular complexity index is 1010. The zero-order chi connectivity index (χ0) is 19.4. The molecular formula is C19H14BrClN2O3S. The fourth-order valence-corrected chi connectivity index (χ4v) is 3.15. The number of carbonyl (C=O) groups excluding carboxylic acids is 1. The molecule has 1 heterocycles. The Kier molecular flexibility index (Phi) is 6.28. The van der Waals surface area contributed by atoms with Gasteiger partial charge in [-0.3, -0.25) is 10.1 Å². The van der Waals surface area contributed by atoms with E-state index in [1.807, 2.05) is 24.3 Å². The summed E-state index contributed by atoms with van der Waals surface area (Å²) < 4.78 is 6.27. The first kappa shape index (κ1) is 19.6. The number of benzene rings is 2. The number of hydrogen-bond donors (Lipinski definition) is 3. The molecule has 0 bridgehead atoms. The van der Waals surface area contributed by atoms with Crippen LogP contribution in [0.15, 0.2) is 63.5 Å².